The van der Waals surface area contributed by atoms with Gasteiger partial charge in [-0.3, -0.25) is 0 Å². The van der Waals surface area contributed by atoms with Gasteiger partial charge in [-0.1, -0.05) is 19.1 Å². The van der Waals surface area contributed by atoms with E-state index in [0.29, 0.717) is 11.1 Å². The Morgan fingerprint density at radius 3 is 2.67 bits per heavy atom. The summed E-state index contributed by atoms with van der Waals surface area (Å²) in [6.07, 6.45) is 4.43. The molecule has 2 N–H and O–H groups in total. The summed E-state index contributed by atoms with van der Waals surface area (Å²) in [4.78, 5) is 10.9. The molecule has 0 spiro atoms. The normalized spacial score (nSPS) is 10.8. The quantitative estimate of drug-likeness (QED) is 0.799. The minimum atomic E-state index is -0.978. The van der Waals surface area contributed by atoms with Crippen LogP contribution in [0.4, 0.5) is 0 Å². The van der Waals surface area contributed by atoms with E-state index in [4.69, 9.17) is 5.11 Å². The lowest BCUT2D eigenvalue weighted by Crippen LogP contribution is -2.01. The number of phenols is 1. The Balaban J connectivity index is 3.35. The SMILES string of the molecule is CCC=Cc1c(C(=O)O)ccc(O)c1C. The van der Waals surface area contributed by atoms with Gasteiger partial charge in [0, 0.05) is 0 Å². The summed E-state index contributed by atoms with van der Waals surface area (Å²) in [6, 6.07) is 2.82. The van der Waals surface area contributed by atoms with Crippen LogP contribution in [0, 0.1) is 6.92 Å². The Bertz CT molecular complexity index is 406. The van der Waals surface area contributed by atoms with E-state index < -0.39 is 5.97 Å². The van der Waals surface area contributed by atoms with Crippen LogP contribution >= 0.6 is 0 Å². The van der Waals surface area contributed by atoms with Crippen LogP contribution in [0.1, 0.15) is 34.8 Å². The van der Waals surface area contributed by atoms with E-state index in [1.807, 2.05) is 13.0 Å². The molecular formula is C12H14O3. The molecule has 0 unspecified atom stereocenters. The van der Waals surface area contributed by atoms with E-state index in [-0.39, 0.29) is 11.3 Å². The molecule has 0 aliphatic heterocycles. The van der Waals surface area contributed by atoms with Crippen molar-refractivity contribution in [3.63, 3.8) is 0 Å². The molecule has 15 heavy (non-hydrogen) atoms. The second kappa shape index (κ2) is 4.64. The molecule has 0 amide bonds. The number of carbonyl (C=O) groups is 1. The van der Waals surface area contributed by atoms with Crippen LogP contribution in [0.5, 0.6) is 5.75 Å². The second-order valence-electron chi connectivity index (χ2n) is 3.29. The third-order valence-electron chi connectivity index (χ3n) is 2.24. The van der Waals surface area contributed by atoms with E-state index in [9.17, 15) is 9.90 Å². The first-order valence-electron chi connectivity index (χ1n) is 4.80. The van der Waals surface area contributed by atoms with Crippen molar-refractivity contribution in [1.82, 2.24) is 0 Å². The third-order valence-corrected chi connectivity index (χ3v) is 2.24. The van der Waals surface area contributed by atoms with Crippen LogP contribution < -0.4 is 0 Å². The van der Waals surface area contributed by atoms with E-state index in [1.165, 1.54) is 12.1 Å². The average Bonchev–Trinajstić information content (AvgIpc) is 2.19. The van der Waals surface area contributed by atoms with Gasteiger partial charge in [-0.25, -0.2) is 4.79 Å². The van der Waals surface area contributed by atoms with Crippen LogP contribution in [0.3, 0.4) is 0 Å². The lowest BCUT2D eigenvalue weighted by Gasteiger charge is -2.07. The Labute approximate surface area is 88.7 Å². The zero-order valence-electron chi connectivity index (χ0n) is 8.82. The number of aromatic hydroxyl groups is 1. The fraction of sp³-hybridized carbons (Fsp3) is 0.250. The summed E-state index contributed by atoms with van der Waals surface area (Å²) >= 11 is 0. The molecule has 1 aromatic carbocycles. The van der Waals surface area contributed by atoms with Gasteiger partial charge in [0.25, 0.3) is 0 Å². The number of hydrogen-bond donors (Lipinski definition) is 2. The van der Waals surface area contributed by atoms with Gasteiger partial charge in [-0.05, 0) is 36.6 Å². The summed E-state index contributed by atoms with van der Waals surface area (Å²) in [5.74, 6) is -0.857. The molecule has 0 atom stereocenters. The topological polar surface area (TPSA) is 57.5 Å². The molecular weight excluding hydrogens is 192 g/mol. The number of aromatic carboxylic acids is 1. The highest BCUT2D eigenvalue weighted by Crippen LogP contribution is 2.25. The van der Waals surface area contributed by atoms with Gasteiger partial charge >= 0.3 is 5.97 Å². The van der Waals surface area contributed by atoms with E-state index in [1.54, 1.807) is 13.0 Å². The molecule has 3 heteroatoms. The Morgan fingerprint density at radius 2 is 2.13 bits per heavy atom. The van der Waals surface area contributed by atoms with Gasteiger partial charge in [0.15, 0.2) is 0 Å². The number of carboxylic acids is 1. The van der Waals surface area contributed by atoms with Crippen LogP contribution in [0.2, 0.25) is 0 Å². The standard InChI is InChI=1S/C12H14O3/c1-3-4-5-9-8(2)11(13)7-6-10(9)12(14)15/h4-7,13H,3H2,1-2H3,(H,14,15). The first kappa shape index (κ1) is 11.3. The van der Waals surface area contributed by atoms with Gasteiger partial charge in [-0.15, -0.1) is 0 Å². The zero-order valence-corrected chi connectivity index (χ0v) is 8.82. The molecule has 0 aliphatic carbocycles. The second-order valence-corrected chi connectivity index (χ2v) is 3.29. The van der Waals surface area contributed by atoms with Gasteiger partial charge in [-0.2, -0.15) is 0 Å². The average molecular weight is 206 g/mol. The monoisotopic (exact) mass is 206 g/mol. The van der Waals surface area contributed by atoms with E-state index in [0.717, 1.165) is 6.42 Å². The Morgan fingerprint density at radius 1 is 1.47 bits per heavy atom. The number of allylic oxidation sites excluding steroid dienone is 1. The Kier molecular flexibility index (Phi) is 3.50. The van der Waals surface area contributed by atoms with Crippen molar-refractivity contribution >= 4 is 12.0 Å². The fourth-order valence-electron chi connectivity index (χ4n) is 1.35. The zero-order chi connectivity index (χ0) is 11.4. The van der Waals surface area contributed by atoms with Crippen molar-refractivity contribution < 1.29 is 15.0 Å². The lowest BCUT2D eigenvalue weighted by molar-refractivity contribution is 0.0696. The van der Waals surface area contributed by atoms with Crippen LogP contribution in [-0.2, 0) is 0 Å². The lowest BCUT2D eigenvalue weighted by atomic mass is 10.0. The van der Waals surface area contributed by atoms with E-state index in [2.05, 4.69) is 0 Å². The molecule has 3 nitrogen and oxygen atoms in total. The van der Waals surface area contributed by atoms with Crippen molar-refractivity contribution in [3.8, 4) is 5.75 Å². The van der Waals surface area contributed by atoms with Gasteiger partial charge in [0.1, 0.15) is 5.75 Å². The molecule has 0 fully saturated rings. The summed E-state index contributed by atoms with van der Waals surface area (Å²) < 4.78 is 0. The molecule has 1 aromatic rings. The van der Waals surface area contributed by atoms with Crippen molar-refractivity contribution in [2.45, 2.75) is 20.3 Å². The van der Waals surface area contributed by atoms with Gasteiger partial charge in [0.2, 0.25) is 0 Å². The maximum atomic E-state index is 10.9. The van der Waals surface area contributed by atoms with Crippen LogP contribution in [-0.4, -0.2) is 16.2 Å². The van der Waals surface area contributed by atoms with Crippen LogP contribution in [0.25, 0.3) is 6.08 Å². The third kappa shape index (κ3) is 2.37. The van der Waals surface area contributed by atoms with Crippen molar-refractivity contribution in [2.75, 3.05) is 0 Å². The number of phenolic OH excluding ortho intramolecular Hbond substituents is 1. The minimum absolute atomic E-state index is 0.121. The molecule has 0 bridgehead atoms. The summed E-state index contributed by atoms with van der Waals surface area (Å²) in [7, 11) is 0. The van der Waals surface area contributed by atoms with Crippen molar-refractivity contribution in [3.05, 3.63) is 34.9 Å². The minimum Gasteiger partial charge on any atom is -0.508 e. The number of rotatable bonds is 3. The predicted octanol–water partition coefficient (Wildman–Crippen LogP) is 2.82. The highest BCUT2D eigenvalue weighted by Gasteiger charge is 2.12. The first-order chi connectivity index (χ1) is 7.07. The predicted molar refractivity (Wildman–Crippen MR) is 59.1 cm³/mol. The van der Waals surface area contributed by atoms with Crippen molar-refractivity contribution in [2.24, 2.45) is 0 Å². The molecule has 1 rings (SSSR count). The summed E-state index contributed by atoms with van der Waals surface area (Å²) in [5.41, 5.74) is 1.39. The summed E-state index contributed by atoms with van der Waals surface area (Å²) in [5, 5.41) is 18.4. The molecule has 0 aliphatic rings. The van der Waals surface area contributed by atoms with Crippen LogP contribution in [0.15, 0.2) is 18.2 Å². The van der Waals surface area contributed by atoms with Gasteiger partial charge in [0.05, 0.1) is 5.56 Å². The van der Waals surface area contributed by atoms with Gasteiger partial charge < -0.3 is 10.2 Å². The molecule has 0 heterocycles. The molecule has 0 aromatic heterocycles. The summed E-state index contributed by atoms with van der Waals surface area (Å²) in [6.45, 7) is 3.67. The number of benzene rings is 1. The highest BCUT2D eigenvalue weighted by atomic mass is 16.4. The van der Waals surface area contributed by atoms with E-state index >= 15 is 0 Å². The maximum absolute atomic E-state index is 10.9. The fourth-order valence-corrected chi connectivity index (χ4v) is 1.35. The highest BCUT2D eigenvalue weighted by molar-refractivity contribution is 5.93. The smallest absolute Gasteiger partial charge is 0.336 e. The maximum Gasteiger partial charge on any atom is 0.336 e. The molecule has 0 radical (unpaired) electrons. The first-order valence-corrected chi connectivity index (χ1v) is 4.80. The number of carboxylic acid groups (broad SMARTS) is 1. The molecule has 80 valence electrons. The largest absolute Gasteiger partial charge is 0.508 e. The Hall–Kier alpha value is -1.77. The molecule has 0 saturated heterocycles. The van der Waals surface area contributed by atoms with Crippen molar-refractivity contribution in [1.29, 1.82) is 0 Å². The molecule has 0 saturated carbocycles. The number of hydrogen-bond acceptors (Lipinski definition) is 2.